The molecule has 5 aromatic rings. The van der Waals surface area contributed by atoms with Crippen molar-refractivity contribution in [2.24, 2.45) is 0 Å². The van der Waals surface area contributed by atoms with Crippen LogP contribution in [0.2, 0.25) is 0 Å². The minimum Gasteiger partial charge on any atom is -0.478 e. The Morgan fingerprint density at radius 1 is 0.929 bits per heavy atom. The van der Waals surface area contributed by atoms with Crippen LogP contribution in [0.3, 0.4) is 0 Å². The molecule has 42 heavy (non-hydrogen) atoms. The highest BCUT2D eigenvalue weighted by atomic mass is 32.1. The van der Waals surface area contributed by atoms with Gasteiger partial charge in [-0.3, -0.25) is 4.79 Å². The molecule has 0 aliphatic carbocycles. The smallest absolute Gasteiger partial charge is 0.335 e. The molecule has 0 spiro atoms. The van der Waals surface area contributed by atoms with Crippen LogP contribution in [-0.4, -0.2) is 41.0 Å². The number of carbonyl (C=O) groups is 2. The van der Waals surface area contributed by atoms with Crippen molar-refractivity contribution in [2.45, 2.75) is 38.9 Å². The molecule has 0 unspecified atom stereocenters. The molecule has 1 N–H and O–H groups in total. The summed E-state index contributed by atoms with van der Waals surface area (Å²) in [5, 5.41) is 10.3. The molecule has 2 aromatic heterocycles. The number of rotatable bonds is 9. The van der Waals surface area contributed by atoms with Gasteiger partial charge in [0.25, 0.3) is 0 Å². The van der Waals surface area contributed by atoms with Crippen LogP contribution in [0.1, 0.15) is 49.6 Å². The van der Waals surface area contributed by atoms with E-state index in [2.05, 4.69) is 40.2 Å². The van der Waals surface area contributed by atoms with Crippen LogP contribution < -0.4 is 4.90 Å². The average molecular weight is 577 g/mol. The van der Waals surface area contributed by atoms with Crippen molar-refractivity contribution in [3.63, 3.8) is 0 Å². The number of carbonyl (C=O) groups excluding carboxylic acids is 1. The van der Waals surface area contributed by atoms with E-state index >= 15 is 0 Å². The van der Waals surface area contributed by atoms with E-state index in [1.807, 2.05) is 49.5 Å². The number of carboxylic acid groups (broad SMARTS) is 1. The van der Waals surface area contributed by atoms with Crippen molar-refractivity contribution in [2.75, 3.05) is 18.0 Å². The van der Waals surface area contributed by atoms with E-state index in [4.69, 9.17) is 4.74 Å². The molecule has 6 nitrogen and oxygen atoms in total. The molecule has 1 fully saturated rings. The van der Waals surface area contributed by atoms with E-state index in [1.165, 1.54) is 5.56 Å². The van der Waals surface area contributed by atoms with Crippen LogP contribution in [0.15, 0.2) is 91.1 Å². The highest BCUT2D eigenvalue weighted by Crippen LogP contribution is 2.35. The van der Waals surface area contributed by atoms with E-state index in [0.29, 0.717) is 13.0 Å². The number of fused-ring (bicyclic) bond motifs is 1. The quantitative estimate of drug-likeness (QED) is 0.182. The summed E-state index contributed by atoms with van der Waals surface area (Å²) in [6.45, 7) is 4.11. The number of nitrogens with zero attached hydrogens (tertiary/aromatic N) is 2. The Morgan fingerprint density at radius 2 is 1.74 bits per heavy atom. The molecule has 0 radical (unpaired) electrons. The number of Topliss-reactive ketones (excluding diaryl/α,β-unsaturated/α-hetero) is 1. The first kappa shape index (κ1) is 27.8. The molecule has 0 bridgehead atoms. The van der Waals surface area contributed by atoms with Gasteiger partial charge in [-0.05, 0) is 83.3 Å². The van der Waals surface area contributed by atoms with Gasteiger partial charge in [-0.2, -0.15) is 0 Å². The zero-order valence-electron chi connectivity index (χ0n) is 23.5. The van der Waals surface area contributed by atoms with Gasteiger partial charge in [0.15, 0.2) is 5.78 Å². The fourth-order valence-electron chi connectivity index (χ4n) is 5.53. The Morgan fingerprint density at radius 3 is 2.48 bits per heavy atom. The van der Waals surface area contributed by atoms with E-state index < -0.39 is 5.97 Å². The predicted molar refractivity (Wildman–Crippen MR) is 168 cm³/mol. The first-order valence-electron chi connectivity index (χ1n) is 14.2. The summed E-state index contributed by atoms with van der Waals surface area (Å²) in [6.07, 6.45) is 4.02. The Bertz CT molecular complexity index is 1720. The van der Waals surface area contributed by atoms with E-state index in [9.17, 15) is 14.7 Å². The number of ether oxygens (including phenoxy) is 1. The fourth-order valence-corrected chi connectivity index (χ4v) is 6.66. The van der Waals surface area contributed by atoms with Gasteiger partial charge in [0.2, 0.25) is 0 Å². The first-order valence-corrected chi connectivity index (χ1v) is 15.0. The molecule has 3 heterocycles. The standard InChI is InChI=1S/C35H32N2O4S/c1-23-30-20-27(26-7-3-2-4-8-26)11-12-32(30)42-34(23)31(38)19-24-10-13-33(36-21-24)37-16-14-29(15-17-37)41-22-25-6-5-9-28(18-25)35(39)40/h2-13,18,20-21,29H,14-17,19,22H2,1H3,(H,39,40). The maximum absolute atomic E-state index is 13.3. The molecule has 0 saturated carbocycles. The van der Waals surface area contributed by atoms with Crippen molar-refractivity contribution in [3.05, 3.63) is 118 Å². The number of hydrogen-bond acceptors (Lipinski definition) is 6. The number of ketones is 1. The minimum atomic E-state index is -0.930. The topological polar surface area (TPSA) is 79.7 Å². The normalized spacial score (nSPS) is 13.9. The molecule has 212 valence electrons. The molecule has 0 atom stereocenters. The summed E-state index contributed by atoms with van der Waals surface area (Å²) >= 11 is 1.57. The third-order valence-electron chi connectivity index (χ3n) is 7.90. The second-order valence-electron chi connectivity index (χ2n) is 10.8. The van der Waals surface area contributed by atoms with Gasteiger partial charge in [-0.25, -0.2) is 9.78 Å². The Balaban J connectivity index is 1.04. The van der Waals surface area contributed by atoms with Crippen molar-refractivity contribution in [3.8, 4) is 11.1 Å². The Kier molecular flexibility index (Phi) is 8.13. The lowest BCUT2D eigenvalue weighted by molar-refractivity contribution is 0.0250. The minimum absolute atomic E-state index is 0.122. The highest BCUT2D eigenvalue weighted by Gasteiger charge is 2.22. The molecule has 3 aromatic carbocycles. The molecular formula is C35H32N2O4S. The molecular weight excluding hydrogens is 544 g/mol. The molecule has 6 rings (SSSR count). The monoisotopic (exact) mass is 576 g/mol. The number of pyridine rings is 1. The van der Waals surface area contributed by atoms with Gasteiger partial charge in [0.1, 0.15) is 5.82 Å². The van der Waals surface area contributed by atoms with Crippen LogP contribution >= 0.6 is 11.3 Å². The summed E-state index contributed by atoms with van der Waals surface area (Å²) in [5.74, 6) is 0.0996. The van der Waals surface area contributed by atoms with Crippen LogP contribution in [0.4, 0.5) is 5.82 Å². The first-order chi connectivity index (χ1) is 20.4. The number of piperidine rings is 1. The van der Waals surface area contributed by atoms with E-state index in [-0.39, 0.29) is 17.5 Å². The lowest BCUT2D eigenvalue weighted by Crippen LogP contribution is -2.37. The summed E-state index contributed by atoms with van der Waals surface area (Å²) in [4.78, 5) is 32.3. The fraction of sp³-hybridized carbons (Fsp3) is 0.229. The average Bonchev–Trinajstić information content (AvgIpc) is 3.37. The van der Waals surface area contributed by atoms with Gasteiger partial charge < -0.3 is 14.7 Å². The van der Waals surface area contributed by atoms with Crippen molar-refractivity contribution >= 4 is 39.0 Å². The predicted octanol–water partition coefficient (Wildman–Crippen LogP) is 7.58. The van der Waals surface area contributed by atoms with Crippen molar-refractivity contribution in [1.29, 1.82) is 0 Å². The van der Waals surface area contributed by atoms with Gasteiger partial charge in [-0.1, -0.05) is 54.6 Å². The molecule has 7 heteroatoms. The highest BCUT2D eigenvalue weighted by molar-refractivity contribution is 7.21. The second-order valence-corrected chi connectivity index (χ2v) is 11.8. The van der Waals surface area contributed by atoms with Crippen LogP contribution in [0, 0.1) is 6.92 Å². The number of thiophene rings is 1. The van der Waals surface area contributed by atoms with E-state index in [0.717, 1.165) is 69.0 Å². The SMILES string of the molecule is Cc1c(C(=O)Cc2ccc(N3CCC(OCc4cccc(C(=O)O)c4)CC3)nc2)sc2ccc(-c3ccccc3)cc12. The van der Waals surface area contributed by atoms with Gasteiger partial charge in [0, 0.05) is 30.4 Å². The van der Waals surface area contributed by atoms with Gasteiger partial charge in [0.05, 0.1) is 23.2 Å². The van der Waals surface area contributed by atoms with Crippen molar-refractivity contribution in [1.82, 2.24) is 4.98 Å². The Hall–Kier alpha value is -4.33. The third-order valence-corrected chi connectivity index (χ3v) is 9.21. The Labute approximate surface area is 249 Å². The number of aryl methyl sites for hydroxylation is 1. The van der Waals surface area contributed by atoms with Crippen LogP contribution in [0.5, 0.6) is 0 Å². The lowest BCUT2D eigenvalue weighted by atomic mass is 10.0. The molecule has 1 aliphatic rings. The summed E-state index contributed by atoms with van der Waals surface area (Å²) in [5.41, 5.74) is 5.42. The maximum atomic E-state index is 13.3. The van der Waals surface area contributed by atoms with E-state index in [1.54, 1.807) is 29.5 Å². The summed E-state index contributed by atoms with van der Waals surface area (Å²) in [7, 11) is 0. The number of anilines is 1. The number of aromatic carboxylic acids is 1. The molecule has 1 saturated heterocycles. The third kappa shape index (κ3) is 6.12. The second kappa shape index (κ2) is 12.3. The van der Waals surface area contributed by atoms with Gasteiger partial charge in [-0.15, -0.1) is 11.3 Å². The summed E-state index contributed by atoms with van der Waals surface area (Å²) < 4.78 is 7.21. The van der Waals surface area contributed by atoms with Crippen LogP contribution in [0.25, 0.3) is 21.2 Å². The number of benzene rings is 3. The van der Waals surface area contributed by atoms with Crippen LogP contribution in [-0.2, 0) is 17.8 Å². The number of aromatic nitrogens is 1. The largest absolute Gasteiger partial charge is 0.478 e. The number of hydrogen-bond donors (Lipinski definition) is 1. The maximum Gasteiger partial charge on any atom is 0.335 e. The number of carboxylic acids is 1. The van der Waals surface area contributed by atoms with Gasteiger partial charge >= 0.3 is 5.97 Å². The van der Waals surface area contributed by atoms with Crippen molar-refractivity contribution < 1.29 is 19.4 Å². The molecule has 0 amide bonds. The zero-order chi connectivity index (χ0) is 29.1. The summed E-state index contributed by atoms with van der Waals surface area (Å²) in [6, 6.07) is 27.6. The molecule has 1 aliphatic heterocycles. The zero-order valence-corrected chi connectivity index (χ0v) is 24.3. The lowest BCUT2D eigenvalue weighted by Gasteiger charge is -2.32.